The van der Waals surface area contributed by atoms with Gasteiger partial charge in [0, 0.05) is 11.7 Å². The van der Waals surface area contributed by atoms with Crippen molar-refractivity contribution in [2.24, 2.45) is 0 Å². The molecular formula is C11H14N4O2S. The van der Waals surface area contributed by atoms with Crippen LogP contribution >= 0.6 is 0 Å². The molecule has 2 aromatic heterocycles. The Morgan fingerprint density at radius 2 is 2.17 bits per heavy atom. The van der Waals surface area contributed by atoms with Gasteiger partial charge in [-0.3, -0.25) is 4.40 Å². The number of nitrogens with zero attached hydrogens (tertiary/aromatic N) is 2. The number of hydrogen-bond acceptors (Lipinski definition) is 4. The number of fused-ring (bicyclic) bond motifs is 1. The highest BCUT2D eigenvalue weighted by molar-refractivity contribution is 7.89. The fraction of sp³-hybridized carbons (Fsp3) is 0.364. The van der Waals surface area contributed by atoms with Gasteiger partial charge >= 0.3 is 0 Å². The summed E-state index contributed by atoms with van der Waals surface area (Å²) in [5.74, 6) is 0.0259. The molecule has 1 aliphatic carbocycles. The van der Waals surface area contributed by atoms with Gasteiger partial charge in [-0.15, -0.1) is 0 Å². The molecule has 7 heteroatoms. The van der Waals surface area contributed by atoms with Crippen molar-refractivity contribution in [3.8, 4) is 0 Å². The Hall–Kier alpha value is -1.60. The number of nitrogens with one attached hydrogen (secondary N) is 1. The summed E-state index contributed by atoms with van der Waals surface area (Å²) < 4.78 is 28.8. The van der Waals surface area contributed by atoms with E-state index in [4.69, 9.17) is 5.73 Å². The number of hydrogen-bond donors (Lipinski definition) is 2. The molecule has 0 saturated heterocycles. The zero-order valence-corrected chi connectivity index (χ0v) is 10.7. The van der Waals surface area contributed by atoms with Gasteiger partial charge in [0.05, 0.1) is 0 Å². The van der Waals surface area contributed by atoms with E-state index in [1.807, 2.05) is 6.92 Å². The van der Waals surface area contributed by atoms with Crippen LogP contribution in [0.1, 0.15) is 19.8 Å². The lowest BCUT2D eigenvalue weighted by molar-refractivity contribution is 0.554. The third-order valence-electron chi connectivity index (χ3n) is 3.15. The molecule has 0 radical (unpaired) electrons. The van der Waals surface area contributed by atoms with Crippen molar-refractivity contribution in [1.29, 1.82) is 0 Å². The Balaban J connectivity index is 2.16. The van der Waals surface area contributed by atoms with Crippen LogP contribution in [0.4, 0.5) is 5.82 Å². The van der Waals surface area contributed by atoms with Crippen LogP contribution < -0.4 is 10.5 Å². The predicted octanol–water partition coefficient (Wildman–Crippen LogP) is 0.747. The van der Waals surface area contributed by atoms with Crippen molar-refractivity contribution in [2.75, 3.05) is 5.73 Å². The Labute approximate surface area is 105 Å². The van der Waals surface area contributed by atoms with E-state index in [2.05, 4.69) is 9.71 Å². The molecule has 0 aliphatic heterocycles. The number of sulfonamides is 1. The van der Waals surface area contributed by atoms with E-state index in [0.29, 0.717) is 5.65 Å². The number of pyridine rings is 1. The van der Waals surface area contributed by atoms with Gasteiger partial charge in [-0.1, -0.05) is 6.07 Å². The second-order valence-corrected chi connectivity index (χ2v) is 6.49. The van der Waals surface area contributed by atoms with Gasteiger partial charge in [0.2, 0.25) is 0 Å². The fourth-order valence-corrected chi connectivity index (χ4v) is 3.60. The Kier molecular flexibility index (Phi) is 2.21. The van der Waals surface area contributed by atoms with Crippen molar-refractivity contribution in [3.05, 3.63) is 24.4 Å². The molecule has 0 amide bonds. The summed E-state index contributed by atoms with van der Waals surface area (Å²) in [6.45, 7) is 1.88. The predicted molar refractivity (Wildman–Crippen MR) is 67.6 cm³/mol. The largest absolute Gasteiger partial charge is 0.381 e. The molecule has 1 aliphatic rings. The van der Waals surface area contributed by atoms with Gasteiger partial charge in [0.1, 0.15) is 5.65 Å². The zero-order valence-electron chi connectivity index (χ0n) is 9.92. The first-order valence-electron chi connectivity index (χ1n) is 5.68. The molecule has 3 N–H and O–H groups in total. The van der Waals surface area contributed by atoms with Crippen LogP contribution in [0.25, 0.3) is 5.65 Å². The first-order chi connectivity index (χ1) is 8.41. The van der Waals surface area contributed by atoms with Gasteiger partial charge in [0.25, 0.3) is 10.0 Å². The van der Waals surface area contributed by atoms with Gasteiger partial charge < -0.3 is 5.73 Å². The number of nitrogens with two attached hydrogens (primary N) is 1. The first-order valence-corrected chi connectivity index (χ1v) is 7.16. The summed E-state index contributed by atoms with van der Waals surface area (Å²) in [7, 11) is -3.64. The van der Waals surface area contributed by atoms with Crippen molar-refractivity contribution in [2.45, 2.75) is 30.3 Å². The highest BCUT2D eigenvalue weighted by atomic mass is 32.2. The van der Waals surface area contributed by atoms with Gasteiger partial charge in [-0.25, -0.2) is 18.1 Å². The van der Waals surface area contributed by atoms with Crippen LogP contribution in [0.15, 0.2) is 29.4 Å². The van der Waals surface area contributed by atoms with Crippen LogP contribution in [0.5, 0.6) is 0 Å². The summed E-state index contributed by atoms with van der Waals surface area (Å²) >= 11 is 0. The fourth-order valence-electron chi connectivity index (χ4n) is 1.92. The van der Waals surface area contributed by atoms with Gasteiger partial charge in [-0.2, -0.15) is 0 Å². The van der Waals surface area contributed by atoms with Crippen LogP contribution in [-0.4, -0.2) is 23.3 Å². The Morgan fingerprint density at radius 1 is 1.44 bits per heavy atom. The average molecular weight is 266 g/mol. The molecule has 1 saturated carbocycles. The van der Waals surface area contributed by atoms with Crippen LogP contribution in [0.2, 0.25) is 0 Å². The van der Waals surface area contributed by atoms with E-state index in [-0.39, 0.29) is 16.4 Å². The zero-order chi connectivity index (χ0) is 13.0. The maximum absolute atomic E-state index is 12.3. The normalized spacial score (nSPS) is 18.1. The molecule has 2 aromatic rings. The molecule has 0 unspecified atom stereocenters. The minimum Gasteiger partial charge on any atom is -0.381 e. The van der Waals surface area contributed by atoms with Crippen molar-refractivity contribution >= 4 is 21.5 Å². The summed E-state index contributed by atoms with van der Waals surface area (Å²) in [6.07, 6.45) is 3.34. The molecule has 0 atom stereocenters. The smallest absolute Gasteiger partial charge is 0.260 e. The number of aromatic nitrogens is 2. The van der Waals surface area contributed by atoms with E-state index in [0.717, 1.165) is 12.8 Å². The van der Waals surface area contributed by atoms with E-state index in [1.54, 1.807) is 24.4 Å². The summed E-state index contributed by atoms with van der Waals surface area (Å²) in [6, 6.07) is 5.24. The summed E-state index contributed by atoms with van der Waals surface area (Å²) in [4.78, 5) is 4.05. The topological polar surface area (TPSA) is 89.5 Å². The van der Waals surface area contributed by atoms with E-state index >= 15 is 0 Å². The lowest BCUT2D eigenvalue weighted by atomic mass is 10.4. The number of anilines is 1. The molecule has 1 fully saturated rings. The average Bonchev–Trinajstić information content (AvgIpc) is 2.88. The van der Waals surface area contributed by atoms with Crippen molar-refractivity contribution < 1.29 is 8.42 Å². The highest BCUT2D eigenvalue weighted by Gasteiger charge is 2.42. The quantitative estimate of drug-likeness (QED) is 0.857. The second kappa shape index (κ2) is 3.46. The lowest BCUT2D eigenvalue weighted by Crippen LogP contribution is -2.35. The summed E-state index contributed by atoms with van der Waals surface area (Å²) in [5, 5.41) is 0.0197. The maximum Gasteiger partial charge on any atom is 0.260 e. The molecule has 0 spiro atoms. The monoisotopic (exact) mass is 266 g/mol. The molecule has 2 heterocycles. The van der Waals surface area contributed by atoms with Crippen molar-refractivity contribution in [1.82, 2.24) is 14.1 Å². The van der Waals surface area contributed by atoms with E-state index in [1.165, 1.54) is 4.40 Å². The SMILES string of the molecule is CC1(NS(=O)(=O)c2c(N)nc3ccccn23)CC1. The summed E-state index contributed by atoms with van der Waals surface area (Å²) in [5.41, 5.74) is 5.92. The minimum atomic E-state index is -3.64. The van der Waals surface area contributed by atoms with E-state index < -0.39 is 10.0 Å². The van der Waals surface area contributed by atoms with Gasteiger partial charge in [0.15, 0.2) is 10.8 Å². The number of nitrogen functional groups attached to an aromatic ring is 1. The Morgan fingerprint density at radius 3 is 2.83 bits per heavy atom. The number of rotatable bonds is 3. The Bertz CT molecular complexity index is 716. The molecular weight excluding hydrogens is 252 g/mol. The van der Waals surface area contributed by atoms with Crippen molar-refractivity contribution in [3.63, 3.8) is 0 Å². The standard InChI is InChI=1S/C11H14N4O2S/c1-11(5-6-11)14-18(16,17)10-9(12)13-8-4-2-3-7-15(8)10/h2-4,7,14H,5-6,12H2,1H3. The third kappa shape index (κ3) is 1.75. The number of imidazole rings is 1. The third-order valence-corrected chi connectivity index (χ3v) is 4.82. The highest BCUT2D eigenvalue weighted by Crippen LogP contribution is 2.36. The molecule has 0 bridgehead atoms. The molecule has 3 rings (SSSR count). The molecule has 6 nitrogen and oxygen atoms in total. The van der Waals surface area contributed by atoms with Crippen LogP contribution in [0, 0.1) is 0 Å². The molecule has 18 heavy (non-hydrogen) atoms. The van der Waals surface area contributed by atoms with Gasteiger partial charge in [-0.05, 0) is 31.9 Å². The first kappa shape index (κ1) is 11.5. The second-order valence-electron chi connectivity index (χ2n) is 4.90. The maximum atomic E-state index is 12.3. The van der Waals surface area contributed by atoms with Crippen LogP contribution in [0.3, 0.4) is 0 Å². The molecule has 0 aromatic carbocycles. The van der Waals surface area contributed by atoms with Crippen LogP contribution in [-0.2, 0) is 10.0 Å². The minimum absolute atomic E-state index is 0.0197. The lowest BCUT2D eigenvalue weighted by Gasteiger charge is -2.12. The molecule has 96 valence electrons. The van der Waals surface area contributed by atoms with E-state index in [9.17, 15) is 8.42 Å².